The molecule has 5 nitrogen and oxygen atoms in total. The lowest BCUT2D eigenvalue weighted by molar-refractivity contribution is 0.0696. The molecular formula is C16H18N2O3. The summed E-state index contributed by atoms with van der Waals surface area (Å²) in [5.74, 6) is 0.406. The number of aryl methyl sites for hydroxylation is 2. The van der Waals surface area contributed by atoms with Gasteiger partial charge in [0.1, 0.15) is 0 Å². The first-order chi connectivity index (χ1) is 10.1. The van der Waals surface area contributed by atoms with Gasteiger partial charge in [0.25, 0.3) is 5.89 Å². The van der Waals surface area contributed by atoms with E-state index in [9.17, 15) is 9.90 Å². The number of hydrogen-bond acceptors (Lipinski definition) is 4. The van der Waals surface area contributed by atoms with Gasteiger partial charge in [-0.2, -0.15) is 4.98 Å². The standard InChI is InChI=1S/C16H18N2O3/c1-9-7-8-10(2)13(16(19)20)12(9)15-17-14(18-21-15)11-5-3-4-6-11/h7-8,11H,3-6H2,1-2H3,(H,19,20). The Balaban J connectivity index is 2.08. The molecule has 0 saturated heterocycles. The third kappa shape index (κ3) is 2.44. The molecule has 1 N–H and O–H groups in total. The van der Waals surface area contributed by atoms with Crippen LogP contribution in [0.2, 0.25) is 0 Å². The molecule has 110 valence electrons. The van der Waals surface area contributed by atoms with Crippen molar-refractivity contribution >= 4 is 5.97 Å². The van der Waals surface area contributed by atoms with Crippen LogP contribution in [0.25, 0.3) is 11.5 Å². The van der Waals surface area contributed by atoms with E-state index in [1.54, 1.807) is 13.0 Å². The van der Waals surface area contributed by atoms with Crippen molar-refractivity contribution in [2.24, 2.45) is 0 Å². The summed E-state index contributed by atoms with van der Waals surface area (Å²) in [7, 11) is 0. The quantitative estimate of drug-likeness (QED) is 0.930. The van der Waals surface area contributed by atoms with Crippen LogP contribution < -0.4 is 0 Å². The van der Waals surface area contributed by atoms with Crippen LogP contribution in [0.4, 0.5) is 0 Å². The Kier molecular flexibility index (Phi) is 3.49. The van der Waals surface area contributed by atoms with Crippen LogP contribution in [0.5, 0.6) is 0 Å². The Labute approximate surface area is 123 Å². The molecule has 1 fully saturated rings. The maximum Gasteiger partial charge on any atom is 0.336 e. The smallest absolute Gasteiger partial charge is 0.336 e. The van der Waals surface area contributed by atoms with E-state index in [0.717, 1.165) is 18.4 Å². The zero-order valence-electron chi connectivity index (χ0n) is 12.2. The van der Waals surface area contributed by atoms with Crippen molar-refractivity contribution in [3.05, 3.63) is 34.6 Å². The number of benzene rings is 1. The van der Waals surface area contributed by atoms with Gasteiger partial charge < -0.3 is 9.63 Å². The molecule has 1 saturated carbocycles. The molecule has 5 heteroatoms. The second kappa shape index (κ2) is 5.31. The van der Waals surface area contributed by atoms with Crippen molar-refractivity contribution in [3.8, 4) is 11.5 Å². The Hall–Kier alpha value is -2.17. The third-order valence-corrected chi connectivity index (χ3v) is 4.21. The van der Waals surface area contributed by atoms with E-state index in [4.69, 9.17) is 4.52 Å². The minimum atomic E-state index is -0.966. The molecule has 0 radical (unpaired) electrons. The zero-order chi connectivity index (χ0) is 15.0. The minimum Gasteiger partial charge on any atom is -0.478 e. The highest BCUT2D eigenvalue weighted by molar-refractivity contribution is 5.97. The molecule has 0 atom stereocenters. The maximum absolute atomic E-state index is 11.5. The van der Waals surface area contributed by atoms with Crippen molar-refractivity contribution in [3.63, 3.8) is 0 Å². The molecule has 1 aliphatic rings. The summed E-state index contributed by atoms with van der Waals surface area (Å²) in [5.41, 5.74) is 2.32. The van der Waals surface area contributed by atoms with Crippen LogP contribution >= 0.6 is 0 Å². The number of hydrogen-bond donors (Lipinski definition) is 1. The molecule has 1 aromatic carbocycles. The van der Waals surface area contributed by atoms with Crippen LogP contribution in [-0.2, 0) is 0 Å². The molecule has 1 heterocycles. The van der Waals surface area contributed by atoms with Crippen molar-refractivity contribution in [1.29, 1.82) is 0 Å². The molecule has 0 spiro atoms. The van der Waals surface area contributed by atoms with E-state index in [1.807, 2.05) is 13.0 Å². The van der Waals surface area contributed by atoms with Gasteiger partial charge in [0.05, 0.1) is 11.1 Å². The first kappa shape index (κ1) is 13.8. The van der Waals surface area contributed by atoms with E-state index in [-0.39, 0.29) is 5.56 Å². The number of aromatic nitrogens is 2. The molecule has 3 rings (SSSR count). The molecule has 21 heavy (non-hydrogen) atoms. The molecule has 2 aromatic rings. The summed E-state index contributed by atoms with van der Waals surface area (Å²) in [4.78, 5) is 16.0. The van der Waals surface area contributed by atoms with Crippen molar-refractivity contribution in [2.45, 2.75) is 45.4 Å². The minimum absolute atomic E-state index is 0.247. The summed E-state index contributed by atoms with van der Waals surface area (Å²) in [6.45, 7) is 3.64. The highest BCUT2D eigenvalue weighted by atomic mass is 16.5. The van der Waals surface area contributed by atoms with Gasteiger partial charge in [0, 0.05) is 5.92 Å². The number of rotatable bonds is 3. The van der Waals surface area contributed by atoms with Gasteiger partial charge >= 0.3 is 5.97 Å². The molecule has 1 aromatic heterocycles. The zero-order valence-corrected chi connectivity index (χ0v) is 12.2. The van der Waals surface area contributed by atoms with Gasteiger partial charge in [0.2, 0.25) is 0 Å². The second-order valence-corrected chi connectivity index (χ2v) is 5.69. The Morgan fingerprint density at radius 3 is 2.57 bits per heavy atom. The summed E-state index contributed by atoms with van der Waals surface area (Å²) < 4.78 is 5.37. The Morgan fingerprint density at radius 2 is 1.90 bits per heavy atom. The molecule has 0 amide bonds. The average molecular weight is 286 g/mol. The maximum atomic E-state index is 11.5. The predicted octanol–water partition coefficient (Wildman–Crippen LogP) is 3.71. The fraction of sp³-hybridized carbons (Fsp3) is 0.438. The number of carboxylic acid groups (broad SMARTS) is 1. The highest BCUT2D eigenvalue weighted by Crippen LogP contribution is 2.35. The summed E-state index contributed by atoms with van der Waals surface area (Å²) in [5, 5.41) is 13.5. The van der Waals surface area contributed by atoms with E-state index >= 15 is 0 Å². The molecular weight excluding hydrogens is 268 g/mol. The van der Waals surface area contributed by atoms with Gasteiger partial charge in [-0.15, -0.1) is 0 Å². The second-order valence-electron chi connectivity index (χ2n) is 5.69. The molecule has 0 bridgehead atoms. The topological polar surface area (TPSA) is 76.2 Å². The molecule has 0 unspecified atom stereocenters. The first-order valence-corrected chi connectivity index (χ1v) is 7.25. The SMILES string of the molecule is Cc1ccc(C)c(-c2nc(C3CCCC3)no2)c1C(=O)O. The van der Waals surface area contributed by atoms with Crippen LogP contribution in [0.15, 0.2) is 16.7 Å². The predicted molar refractivity (Wildman–Crippen MR) is 77.4 cm³/mol. The lowest BCUT2D eigenvalue weighted by Crippen LogP contribution is -2.05. The van der Waals surface area contributed by atoms with Gasteiger partial charge in [-0.3, -0.25) is 0 Å². The number of carbonyl (C=O) groups is 1. The van der Waals surface area contributed by atoms with E-state index in [0.29, 0.717) is 28.8 Å². The van der Waals surface area contributed by atoms with Crippen LogP contribution in [0.3, 0.4) is 0 Å². The molecule has 1 aliphatic carbocycles. The van der Waals surface area contributed by atoms with E-state index in [2.05, 4.69) is 10.1 Å². The summed E-state index contributed by atoms with van der Waals surface area (Å²) in [6, 6.07) is 3.69. The van der Waals surface area contributed by atoms with Gasteiger partial charge in [-0.25, -0.2) is 4.79 Å². The Bertz CT molecular complexity index is 685. The summed E-state index contributed by atoms with van der Waals surface area (Å²) >= 11 is 0. The summed E-state index contributed by atoms with van der Waals surface area (Å²) in [6.07, 6.45) is 4.55. The average Bonchev–Trinajstić information content (AvgIpc) is 3.10. The molecule has 0 aliphatic heterocycles. The highest BCUT2D eigenvalue weighted by Gasteiger charge is 2.25. The number of nitrogens with zero attached hydrogens (tertiary/aromatic N) is 2. The van der Waals surface area contributed by atoms with Gasteiger partial charge in [0.15, 0.2) is 5.82 Å². The van der Waals surface area contributed by atoms with E-state index in [1.165, 1.54) is 12.8 Å². The van der Waals surface area contributed by atoms with Crippen LogP contribution in [0.1, 0.15) is 58.9 Å². The van der Waals surface area contributed by atoms with E-state index < -0.39 is 5.97 Å². The number of aromatic carboxylic acids is 1. The fourth-order valence-electron chi connectivity index (χ4n) is 3.05. The lowest BCUT2D eigenvalue weighted by Gasteiger charge is -2.08. The fourth-order valence-corrected chi connectivity index (χ4v) is 3.05. The van der Waals surface area contributed by atoms with Crippen molar-refractivity contribution < 1.29 is 14.4 Å². The first-order valence-electron chi connectivity index (χ1n) is 7.25. The Morgan fingerprint density at radius 1 is 1.24 bits per heavy atom. The van der Waals surface area contributed by atoms with Gasteiger partial charge in [-0.05, 0) is 37.8 Å². The normalized spacial score (nSPS) is 15.5. The van der Waals surface area contributed by atoms with Crippen LogP contribution in [0, 0.1) is 13.8 Å². The van der Waals surface area contributed by atoms with Crippen molar-refractivity contribution in [1.82, 2.24) is 10.1 Å². The lowest BCUT2D eigenvalue weighted by atomic mass is 9.97. The van der Waals surface area contributed by atoms with Crippen molar-refractivity contribution in [2.75, 3.05) is 0 Å². The largest absolute Gasteiger partial charge is 0.478 e. The van der Waals surface area contributed by atoms with Crippen LogP contribution in [-0.4, -0.2) is 21.2 Å². The monoisotopic (exact) mass is 286 g/mol. The third-order valence-electron chi connectivity index (χ3n) is 4.21. The number of carboxylic acids is 1. The van der Waals surface area contributed by atoms with Gasteiger partial charge in [-0.1, -0.05) is 30.1 Å².